The Morgan fingerprint density at radius 1 is 1.37 bits per heavy atom. The summed E-state index contributed by atoms with van der Waals surface area (Å²) >= 11 is 0. The molecule has 0 saturated carbocycles. The molecule has 5 nitrogen and oxygen atoms in total. The van der Waals surface area contributed by atoms with Gasteiger partial charge in [-0.1, -0.05) is 6.92 Å². The van der Waals surface area contributed by atoms with Crippen molar-refractivity contribution < 1.29 is 4.42 Å². The van der Waals surface area contributed by atoms with Crippen LogP contribution in [0.3, 0.4) is 0 Å². The summed E-state index contributed by atoms with van der Waals surface area (Å²) in [5.41, 5.74) is 1.12. The normalized spacial score (nSPS) is 11.0. The maximum atomic E-state index is 5.75. The molecule has 0 aliphatic rings. The van der Waals surface area contributed by atoms with Crippen LogP contribution in [0.15, 0.2) is 41.5 Å². The molecule has 19 heavy (non-hydrogen) atoms. The predicted octanol–water partition coefficient (Wildman–Crippen LogP) is 2.67. The Bertz CT molecular complexity index is 636. The van der Waals surface area contributed by atoms with E-state index in [4.69, 9.17) is 4.42 Å². The molecule has 3 rings (SSSR count). The molecule has 0 radical (unpaired) electrons. The number of hydrogen-bond acceptors (Lipinski definition) is 3. The lowest BCUT2D eigenvalue weighted by Gasteiger charge is -2.04. The third kappa shape index (κ3) is 2.45. The molecule has 1 N–H and O–H groups in total. The van der Waals surface area contributed by atoms with E-state index >= 15 is 0 Å². The molecule has 3 heterocycles. The Kier molecular flexibility index (Phi) is 3.18. The van der Waals surface area contributed by atoms with E-state index in [1.54, 1.807) is 12.5 Å². The SMILES string of the molecule is CCc1ccc(-c2nccn2CCc2cnc[nH]2)o1. The van der Waals surface area contributed by atoms with Gasteiger partial charge < -0.3 is 14.0 Å². The molecular weight excluding hydrogens is 240 g/mol. The van der Waals surface area contributed by atoms with Gasteiger partial charge in [-0.15, -0.1) is 0 Å². The average molecular weight is 256 g/mol. The number of H-pyrrole nitrogens is 1. The minimum atomic E-state index is 0.825. The van der Waals surface area contributed by atoms with Crippen LogP contribution in [0, 0.1) is 0 Å². The predicted molar refractivity (Wildman–Crippen MR) is 71.6 cm³/mol. The molecule has 3 aromatic rings. The smallest absolute Gasteiger partial charge is 0.176 e. The van der Waals surface area contributed by atoms with Crippen molar-refractivity contribution in [1.82, 2.24) is 19.5 Å². The average Bonchev–Trinajstić information content (AvgIpc) is 3.16. The van der Waals surface area contributed by atoms with Crippen LogP contribution >= 0.6 is 0 Å². The monoisotopic (exact) mass is 256 g/mol. The van der Waals surface area contributed by atoms with Crippen LogP contribution in [0.4, 0.5) is 0 Å². The first-order valence-corrected chi connectivity index (χ1v) is 6.44. The second-order valence-corrected chi connectivity index (χ2v) is 4.39. The Labute approximate surface area is 111 Å². The maximum Gasteiger partial charge on any atom is 0.176 e. The van der Waals surface area contributed by atoms with Crippen molar-refractivity contribution in [2.45, 2.75) is 26.3 Å². The Morgan fingerprint density at radius 2 is 2.32 bits per heavy atom. The maximum absolute atomic E-state index is 5.75. The zero-order chi connectivity index (χ0) is 13.1. The minimum Gasteiger partial charge on any atom is -0.458 e. The fraction of sp³-hybridized carbons (Fsp3) is 0.286. The number of nitrogens with zero attached hydrogens (tertiary/aromatic N) is 3. The molecule has 5 heteroatoms. The van der Waals surface area contributed by atoms with Gasteiger partial charge in [0, 0.05) is 43.7 Å². The van der Waals surface area contributed by atoms with Crippen molar-refractivity contribution in [1.29, 1.82) is 0 Å². The summed E-state index contributed by atoms with van der Waals surface area (Å²) in [5.74, 6) is 2.68. The number of aromatic nitrogens is 4. The Hall–Kier alpha value is -2.30. The highest BCUT2D eigenvalue weighted by molar-refractivity contribution is 5.47. The fourth-order valence-electron chi connectivity index (χ4n) is 2.07. The first-order valence-electron chi connectivity index (χ1n) is 6.44. The lowest BCUT2D eigenvalue weighted by atomic mass is 10.3. The van der Waals surface area contributed by atoms with Crippen LogP contribution in [0.5, 0.6) is 0 Å². The lowest BCUT2D eigenvalue weighted by molar-refractivity contribution is 0.520. The number of rotatable bonds is 5. The molecule has 0 aromatic carbocycles. The third-order valence-corrected chi connectivity index (χ3v) is 3.12. The summed E-state index contributed by atoms with van der Waals surface area (Å²) in [6, 6.07) is 3.98. The highest BCUT2D eigenvalue weighted by atomic mass is 16.3. The Morgan fingerprint density at radius 3 is 3.05 bits per heavy atom. The zero-order valence-electron chi connectivity index (χ0n) is 10.8. The molecule has 0 amide bonds. The van der Waals surface area contributed by atoms with Gasteiger partial charge in [0.25, 0.3) is 0 Å². The van der Waals surface area contributed by atoms with Gasteiger partial charge >= 0.3 is 0 Å². The molecule has 0 spiro atoms. The molecule has 98 valence electrons. The van der Waals surface area contributed by atoms with Crippen molar-refractivity contribution in [3.8, 4) is 11.6 Å². The van der Waals surface area contributed by atoms with Crippen LogP contribution in [0.1, 0.15) is 18.4 Å². The highest BCUT2D eigenvalue weighted by Crippen LogP contribution is 2.21. The quantitative estimate of drug-likeness (QED) is 0.763. The molecule has 0 atom stereocenters. The van der Waals surface area contributed by atoms with Crippen molar-refractivity contribution in [2.75, 3.05) is 0 Å². The third-order valence-electron chi connectivity index (χ3n) is 3.12. The van der Waals surface area contributed by atoms with E-state index in [0.717, 1.165) is 42.4 Å². The van der Waals surface area contributed by atoms with E-state index < -0.39 is 0 Å². The van der Waals surface area contributed by atoms with Gasteiger partial charge in [0.05, 0.1) is 6.33 Å². The molecule has 0 unspecified atom stereocenters. The minimum absolute atomic E-state index is 0.825. The van der Waals surface area contributed by atoms with Crippen molar-refractivity contribution in [3.63, 3.8) is 0 Å². The van der Waals surface area contributed by atoms with E-state index in [1.165, 1.54) is 0 Å². The van der Waals surface area contributed by atoms with Gasteiger partial charge in [0.2, 0.25) is 0 Å². The van der Waals surface area contributed by atoms with Gasteiger partial charge in [0.1, 0.15) is 5.76 Å². The van der Waals surface area contributed by atoms with Crippen molar-refractivity contribution >= 4 is 0 Å². The number of nitrogens with one attached hydrogen (secondary N) is 1. The highest BCUT2D eigenvalue weighted by Gasteiger charge is 2.10. The van der Waals surface area contributed by atoms with E-state index in [0.29, 0.717) is 0 Å². The first-order chi connectivity index (χ1) is 9.36. The van der Waals surface area contributed by atoms with E-state index in [1.807, 2.05) is 24.5 Å². The van der Waals surface area contributed by atoms with Gasteiger partial charge in [-0.2, -0.15) is 0 Å². The van der Waals surface area contributed by atoms with Crippen molar-refractivity contribution in [2.24, 2.45) is 0 Å². The number of aryl methyl sites for hydroxylation is 3. The van der Waals surface area contributed by atoms with Crippen molar-refractivity contribution in [3.05, 3.63) is 48.5 Å². The lowest BCUT2D eigenvalue weighted by Crippen LogP contribution is -2.02. The number of aromatic amines is 1. The van der Waals surface area contributed by atoms with Crippen LogP contribution in [0.2, 0.25) is 0 Å². The summed E-state index contributed by atoms with van der Waals surface area (Å²) in [6.07, 6.45) is 9.11. The standard InChI is InChI=1S/C14H16N4O/c1-2-12-3-4-13(19-12)14-16-6-8-18(14)7-5-11-9-15-10-17-11/h3-4,6,8-10H,2,5,7H2,1H3,(H,15,17). The van der Waals surface area contributed by atoms with Gasteiger partial charge in [-0.05, 0) is 12.1 Å². The van der Waals surface area contributed by atoms with Gasteiger partial charge in [-0.25, -0.2) is 9.97 Å². The van der Waals surface area contributed by atoms with E-state index in [9.17, 15) is 0 Å². The molecule has 0 aliphatic heterocycles. The number of imidazole rings is 2. The summed E-state index contributed by atoms with van der Waals surface area (Å²) < 4.78 is 7.85. The summed E-state index contributed by atoms with van der Waals surface area (Å²) in [6.45, 7) is 2.92. The molecule has 3 aromatic heterocycles. The number of hydrogen-bond donors (Lipinski definition) is 1. The van der Waals surface area contributed by atoms with Crippen LogP contribution < -0.4 is 0 Å². The van der Waals surface area contributed by atoms with E-state index in [2.05, 4.69) is 26.4 Å². The van der Waals surface area contributed by atoms with E-state index in [-0.39, 0.29) is 0 Å². The second-order valence-electron chi connectivity index (χ2n) is 4.39. The molecule has 0 saturated heterocycles. The molecule has 0 aliphatic carbocycles. The van der Waals surface area contributed by atoms with Gasteiger partial charge in [-0.3, -0.25) is 0 Å². The van der Waals surface area contributed by atoms with Crippen LogP contribution in [0.25, 0.3) is 11.6 Å². The topological polar surface area (TPSA) is 59.6 Å². The summed E-state index contributed by atoms with van der Waals surface area (Å²) in [4.78, 5) is 11.5. The van der Waals surface area contributed by atoms with Crippen LogP contribution in [-0.4, -0.2) is 19.5 Å². The molecule has 0 bridgehead atoms. The molecular formula is C14H16N4O. The van der Waals surface area contributed by atoms with Crippen LogP contribution in [-0.2, 0) is 19.4 Å². The number of furan rings is 1. The fourth-order valence-corrected chi connectivity index (χ4v) is 2.07. The van der Waals surface area contributed by atoms with Gasteiger partial charge in [0.15, 0.2) is 11.6 Å². The summed E-state index contributed by atoms with van der Waals surface area (Å²) in [7, 11) is 0. The zero-order valence-corrected chi connectivity index (χ0v) is 10.8. The largest absolute Gasteiger partial charge is 0.458 e. The molecule has 0 fully saturated rings. The summed E-state index contributed by atoms with van der Waals surface area (Å²) in [5, 5.41) is 0. The Balaban J connectivity index is 1.78. The first kappa shape index (κ1) is 11.8. The second kappa shape index (κ2) is 5.14.